The Morgan fingerprint density at radius 2 is 1.95 bits per heavy atom. The van der Waals surface area contributed by atoms with Crippen LogP contribution in [-0.4, -0.2) is 49.3 Å². The van der Waals surface area contributed by atoms with Crippen molar-refractivity contribution in [2.75, 3.05) is 26.2 Å². The fourth-order valence-corrected chi connectivity index (χ4v) is 3.66. The third-order valence-electron chi connectivity index (χ3n) is 4.98. The van der Waals surface area contributed by atoms with Gasteiger partial charge in [-0.1, -0.05) is 26.2 Å². The van der Waals surface area contributed by atoms with E-state index in [1.54, 1.807) is 0 Å². The molecule has 0 aromatic heterocycles. The van der Waals surface area contributed by atoms with E-state index in [-0.39, 0.29) is 0 Å². The number of rotatable bonds is 7. The number of likely N-dealkylation sites (tertiary alicyclic amines) is 1. The molecule has 20 heavy (non-hydrogen) atoms. The van der Waals surface area contributed by atoms with Crippen molar-refractivity contribution in [3.63, 3.8) is 0 Å². The average Bonchev–Trinajstić information content (AvgIpc) is 2.48. The number of nitrogens with one attached hydrogen (secondary N) is 1. The summed E-state index contributed by atoms with van der Waals surface area (Å²) in [4.78, 5) is 2.62. The Morgan fingerprint density at radius 1 is 1.15 bits per heavy atom. The summed E-state index contributed by atoms with van der Waals surface area (Å²) < 4.78 is 6.07. The Bertz CT molecular complexity index is 253. The predicted molar refractivity (Wildman–Crippen MR) is 85.2 cm³/mol. The molecular formula is C17H34N2O. The highest BCUT2D eigenvalue weighted by molar-refractivity contribution is 4.82. The minimum absolute atomic E-state index is 0.558. The molecule has 118 valence electrons. The van der Waals surface area contributed by atoms with Gasteiger partial charge in [0.15, 0.2) is 0 Å². The van der Waals surface area contributed by atoms with Gasteiger partial charge in [0.2, 0.25) is 0 Å². The molecule has 0 aromatic rings. The molecule has 1 saturated carbocycles. The Labute approximate surface area is 125 Å². The van der Waals surface area contributed by atoms with E-state index in [9.17, 15) is 0 Å². The summed E-state index contributed by atoms with van der Waals surface area (Å²) in [6.07, 6.45) is 11.1. The lowest BCUT2D eigenvalue weighted by Crippen LogP contribution is -2.48. The van der Waals surface area contributed by atoms with Crippen LogP contribution in [0.3, 0.4) is 0 Å². The molecule has 2 rings (SSSR count). The van der Waals surface area contributed by atoms with E-state index in [2.05, 4.69) is 24.1 Å². The maximum Gasteiger partial charge on any atom is 0.0597 e. The zero-order chi connectivity index (χ0) is 14.2. The highest BCUT2D eigenvalue weighted by Gasteiger charge is 2.24. The van der Waals surface area contributed by atoms with Crippen molar-refractivity contribution in [3.05, 3.63) is 0 Å². The lowest BCUT2D eigenvalue weighted by atomic mass is 9.97. The van der Waals surface area contributed by atoms with E-state index in [1.807, 2.05) is 0 Å². The molecule has 3 heteroatoms. The molecule has 0 amide bonds. The van der Waals surface area contributed by atoms with Crippen LogP contribution in [0.2, 0.25) is 0 Å². The molecule has 2 atom stereocenters. The molecule has 1 saturated heterocycles. The molecule has 0 radical (unpaired) electrons. The van der Waals surface area contributed by atoms with Crippen LogP contribution < -0.4 is 5.32 Å². The van der Waals surface area contributed by atoms with Gasteiger partial charge in [-0.05, 0) is 52.1 Å². The van der Waals surface area contributed by atoms with Crippen molar-refractivity contribution in [2.45, 2.75) is 83.4 Å². The minimum Gasteiger partial charge on any atom is -0.377 e. The highest BCUT2D eigenvalue weighted by Crippen LogP contribution is 2.21. The van der Waals surface area contributed by atoms with Gasteiger partial charge < -0.3 is 10.1 Å². The maximum atomic E-state index is 6.07. The molecule has 0 aromatic carbocycles. The summed E-state index contributed by atoms with van der Waals surface area (Å²) in [6.45, 7) is 9.08. The topological polar surface area (TPSA) is 24.5 Å². The van der Waals surface area contributed by atoms with Crippen LogP contribution in [0.4, 0.5) is 0 Å². The van der Waals surface area contributed by atoms with Crippen LogP contribution in [-0.2, 0) is 4.74 Å². The second kappa shape index (κ2) is 9.01. The second-order valence-electron chi connectivity index (χ2n) is 6.69. The Hall–Kier alpha value is -0.120. The van der Waals surface area contributed by atoms with Gasteiger partial charge >= 0.3 is 0 Å². The Morgan fingerprint density at radius 3 is 2.65 bits per heavy atom. The van der Waals surface area contributed by atoms with Crippen molar-refractivity contribution in [3.8, 4) is 0 Å². The normalized spacial score (nSPS) is 29.7. The number of hydrogen-bond acceptors (Lipinski definition) is 3. The monoisotopic (exact) mass is 282 g/mol. The number of nitrogens with zero attached hydrogens (tertiary/aromatic N) is 1. The van der Waals surface area contributed by atoms with Gasteiger partial charge in [0.25, 0.3) is 0 Å². The van der Waals surface area contributed by atoms with Gasteiger partial charge in [0.05, 0.1) is 12.7 Å². The third-order valence-corrected chi connectivity index (χ3v) is 4.98. The van der Waals surface area contributed by atoms with Gasteiger partial charge in [0, 0.05) is 18.6 Å². The molecule has 2 aliphatic rings. The molecule has 1 aliphatic heterocycles. The van der Waals surface area contributed by atoms with Crippen molar-refractivity contribution < 1.29 is 4.74 Å². The number of ether oxygens (including phenoxy) is 1. The fraction of sp³-hybridized carbons (Fsp3) is 1.00. The molecule has 1 heterocycles. The summed E-state index contributed by atoms with van der Waals surface area (Å²) in [5.41, 5.74) is 0. The van der Waals surface area contributed by atoms with E-state index < -0.39 is 0 Å². The van der Waals surface area contributed by atoms with Crippen LogP contribution in [0.15, 0.2) is 0 Å². The van der Waals surface area contributed by atoms with E-state index in [1.165, 1.54) is 64.5 Å². The van der Waals surface area contributed by atoms with Crippen LogP contribution in [0.5, 0.6) is 0 Å². The number of piperidine rings is 1. The molecule has 1 aliphatic carbocycles. The summed E-state index contributed by atoms with van der Waals surface area (Å²) in [5, 5.41) is 3.67. The predicted octanol–water partition coefficient (Wildman–Crippen LogP) is 3.19. The Kier molecular flexibility index (Phi) is 7.32. The number of hydrogen-bond donors (Lipinski definition) is 1. The standard InChI is InChI=1S/C17H34N2O/c1-3-10-18-16-9-11-19(15(2)14-16)12-13-20-17-7-5-4-6-8-17/h15-18H,3-14H2,1-2H3. The van der Waals surface area contributed by atoms with E-state index in [4.69, 9.17) is 4.74 Å². The summed E-state index contributed by atoms with van der Waals surface area (Å²) in [7, 11) is 0. The molecule has 2 unspecified atom stereocenters. The van der Waals surface area contributed by atoms with Crippen LogP contribution in [0.25, 0.3) is 0 Å². The van der Waals surface area contributed by atoms with Gasteiger partial charge in [0.1, 0.15) is 0 Å². The zero-order valence-corrected chi connectivity index (χ0v) is 13.6. The third kappa shape index (κ3) is 5.34. The van der Waals surface area contributed by atoms with Gasteiger partial charge in [-0.3, -0.25) is 4.90 Å². The van der Waals surface area contributed by atoms with E-state index in [0.29, 0.717) is 12.1 Å². The molecule has 3 nitrogen and oxygen atoms in total. The zero-order valence-electron chi connectivity index (χ0n) is 13.6. The molecule has 0 spiro atoms. The maximum absolute atomic E-state index is 6.07. The first-order chi connectivity index (χ1) is 9.79. The highest BCUT2D eigenvalue weighted by atomic mass is 16.5. The SMILES string of the molecule is CCCNC1CCN(CCOC2CCCCC2)C(C)C1. The molecular weight excluding hydrogens is 248 g/mol. The fourth-order valence-electron chi connectivity index (χ4n) is 3.66. The van der Waals surface area contributed by atoms with Gasteiger partial charge in [-0.2, -0.15) is 0 Å². The first-order valence-electron chi connectivity index (χ1n) is 8.88. The van der Waals surface area contributed by atoms with Crippen LogP contribution >= 0.6 is 0 Å². The van der Waals surface area contributed by atoms with E-state index in [0.717, 1.165) is 19.2 Å². The minimum atomic E-state index is 0.558. The van der Waals surface area contributed by atoms with Crippen molar-refractivity contribution in [1.29, 1.82) is 0 Å². The smallest absolute Gasteiger partial charge is 0.0597 e. The average molecular weight is 282 g/mol. The van der Waals surface area contributed by atoms with Crippen LogP contribution in [0.1, 0.15) is 65.2 Å². The second-order valence-corrected chi connectivity index (χ2v) is 6.69. The van der Waals surface area contributed by atoms with Gasteiger partial charge in [-0.25, -0.2) is 0 Å². The van der Waals surface area contributed by atoms with Crippen LogP contribution in [0, 0.1) is 0 Å². The Balaban J connectivity index is 1.59. The molecule has 1 N–H and O–H groups in total. The lowest BCUT2D eigenvalue weighted by molar-refractivity contribution is 0.00515. The first kappa shape index (κ1) is 16.3. The van der Waals surface area contributed by atoms with Crippen molar-refractivity contribution in [2.24, 2.45) is 0 Å². The lowest BCUT2D eigenvalue weighted by Gasteiger charge is -2.38. The van der Waals surface area contributed by atoms with Gasteiger partial charge in [-0.15, -0.1) is 0 Å². The summed E-state index contributed by atoms with van der Waals surface area (Å²) in [6, 6.07) is 1.44. The van der Waals surface area contributed by atoms with Crippen molar-refractivity contribution in [1.82, 2.24) is 10.2 Å². The largest absolute Gasteiger partial charge is 0.377 e. The first-order valence-corrected chi connectivity index (χ1v) is 8.88. The molecule has 0 bridgehead atoms. The summed E-state index contributed by atoms with van der Waals surface area (Å²) in [5.74, 6) is 0. The summed E-state index contributed by atoms with van der Waals surface area (Å²) >= 11 is 0. The van der Waals surface area contributed by atoms with E-state index >= 15 is 0 Å². The quantitative estimate of drug-likeness (QED) is 0.776. The van der Waals surface area contributed by atoms with Crippen molar-refractivity contribution >= 4 is 0 Å². The molecule has 2 fully saturated rings.